The lowest BCUT2D eigenvalue weighted by atomic mass is 10.2. The molecule has 1 nitrogen and oxygen atoms in total. The first kappa shape index (κ1) is 22.7. The molecule has 0 aliphatic heterocycles. The molecule has 0 N–H and O–H groups in total. The highest BCUT2D eigenvalue weighted by Crippen LogP contribution is 2.36. The molecular weight excluding hydrogens is 483 g/mol. The zero-order chi connectivity index (χ0) is 19.9. The summed E-state index contributed by atoms with van der Waals surface area (Å²) in [5.74, 6) is 0. The minimum absolute atomic E-state index is 0.0204. The zero-order valence-electron chi connectivity index (χ0n) is 16.6. The van der Waals surface area contributed by atoms with Gasteiger partial charge in [-0.25, -0.2) is 0 Å². The summed E-state index contributed by atoms with van der Waals surface area (Å²) in [6.07, 6.45) is 2.77. The Morgan fingerprint density at radius 1 is 1.04 bits per heavy atom. The molecule has 0 saturated heterocycles. The fourth-order valence-corrected chi connectivity index (χ4v) is 9.37. The lowest BCUT2D eigenvalue weighted by Gasteiger charge is -2.43. The van der Waals surface area contributed by atoms with E-state index in [4.69, 9.17) is 16.0 Å². The van der Waals surface area contributed by atoms with Gasteiger partial charge in [-0.3, -0.25) is 0 Å². The van der Waals surface area contributed by atoms with Crippen LogP contribution in [0.2, 0.25) is 5.04 Å². The van der Waals surface area contributed by atoms with Crippen LogP contribution in [0.1, 0.15) is 40.0 Å². The third-order valence-electron chi connectivity index (χ3n) is 4.84. The molecule has 0 heterocycles. The van der Waals surface area contributed by atoms with E-state index in [9.17, 15) is 0 Å². The van der Waals surface area contributed by atoms with E-state index in [1.165, 1.54) is 10.4 Å². The van der Waals surface area contributed by atoms with Crippen LogP contribution in [-0.4, -0.2) is 20.3 Å². The summed E-state index contributed by atoms with van der Waals surface area (Å²) in [7, 11) is -2.42. The van der Waals surface area contributed by atoms with E-state index >= 15 is 0 Å². The summed E-state index contributed by atoms with van der Waals surface area (Å²) >= 11 is 8.69. The fourth-order valence-electron chi connectivity index (χ4n) is 3.63. The van der Waals surface area contributed by atoms with Crippen molar-refractivity contribution < 1.29 is 4.43 Å². The molecule has 0 spiro atoms. The van der Waals surface area contributed by atoms with Crippen molar-refractivity contribution in [2.75, 3.05) is 6.61 Å². The predicted molar refractivity (Wildman–Crippen MR) is 130 cm³/mol. The molecule has 1 atom stereocenters. The number of benzene rings is 2. The van der Waals surface area contributed by atoms with Crippen LogP contribution in [0.25, 0.3) is 0 Å². The molecule has 0 unspecified atom stereocenters. The van der Waals surface area contributed by atoms with Gasteiger partial charge >= 0.3 is 0 Å². The second-order valence-corrected chi connectivity index (χ2v) is 14.4. The van der Waals surface area contributed by atoms with Crippen molar-refractivity contribution >= 4 is 52.9 Å². The molecule has 2 rings (SSSR count). The Hall–Kier alpha value is -0.623. The van der Waals surface area contributed by atoms with E-state index < -0.39 is 8.32 Å². The molecule has 0 saturated carbocycles. The van der Waals surface area contributed by atoms with Crippen LogP contribution in [0.15, 0.2) is 70.8 Å². The largest absolute Gasteiger partial charge is 0.407 e. The van der Waals surface area contributed by atoms with Crippen LogP contribution in [0.3, 0.4) is 0 Å². The first-order valence-electron chi connectivity index (χ1n) is 9.49. The SMILES string of the molecule is C=C(I)C[C@H](Cl)CCCO[Si](c1ccccc1)(c1ccccc1)C(C)(C)C. The summed E-state index contributed by atoms with van der Waals surface area (Å²) in [6.45, 7) is 11.6. The number of rotatable bonds is 9. The van der Waals surface area contributed by atoms with Gasteiger partial charge in [0.25, 0.3) is 8.32 Å². The highest BCUT2D eigenvalue weighted by molar-refractivity contribution is 14.1. The Balaban J connectivity index is 2.29. The topological polar surface area (TPSA) is 9.23 Å². The average molecular weight is 513 g/mol. The van der Waals surface area contributed by atoms with Gasteiger partial charge in [-0.05, 0) is 60.8 Å². The van der Waals surface area contributed by atoms with Gasteiger partial charge in [0.2, 0.25) is 0 Å². The van der Waals surface area contributed by atoms with E-state index in [-0.39, 0.29) is 10.4 Å². The van der Waals surface area contributed by atoms with Gasteiger partial charge in [-0.15, -0.1) is 11.6 Å². The van der Waals surface area contributed by atoms with Crippen molar-refractivity contribution in [3.05, 3.63) is 70.8 Å². The third-order valence-corrected chi connectivity index (χ3v) is 10.7. The molecule has 0 aromatic heterocycles. The van der Waals surface area contributed by atoms with Crippen LogP contribution >= 0.6 is 34.2 Å². The molecule has 27 heavy (non-hydrogen) atoms. The quantitative estimate of drug-likeness (QED) is 0.166. The van der Waals surface area contributed by atoms with Gasteiger partial charge < -0.3 is 4.43 Å². The van der Waals surface area contributed by atoms with Crippen molar-refractivity contribution in [2.45, 2.75) is 50.4 Å². The van der Waals surface area contributed by atoms with E-state index in [1.54, 1.807) is 0 Å². The van der Waals surface area contributed by atoms with E-state index in [1.807, 2.05) is 0 Å². The number of hydrogen-bond acceptors (Lipinski definition) is 1. The minimum Gasteiger partial charge on any atom is -0.407 e. The number of allylic oxidation sites excluding steroid dienone is 1. The summed E-state index contributed by atoms with van der Waals surface area (Å²) in [6, 6.07) is 21.6. The van der Waals surface area contributed by atoms with Crippen LogP contribution in [0.5, 0.6) is 0 Å². The molecule has 2 aromatic rings. The van der Waals surface area contributed by atoms with E-state index in [0.717, 1.165) is 29.4 Å². The van der Waals surface area contributed by atoms with Gasteiger partial charge in [0.05, 0.1) is 0 Å². The van der Waals surface area contributed by atoms with Crippen LogP contribution in [0, 0.1) is 0 Å². The summed E-state index contributed by atoms with van der Waals surface area (Å²) in [5.41, 5.74) is 0. The maximum Gasteiger partial charge on any atom is 0.261 e. The van der Waals surface area contributed by atoms with Gasteiger partial charge in [-0.1, -0.05) is 88.0 Å². The maximum atomic E-state index is 6.88. The van der Waals surface area contributed by atoms with Crippen molar-refractivity contribution in [1.29, 1.82) is 0 Å². The number of hydrogen-bond donors (Lipinski definition) is 0. The first-order chi connectivity index (χ1) is 12.8. The Labute approximate surface area is 184 Å². The lowest BCUT2D eigenvalue weighted by molar-refractivity contribution is 0.287. The molecule has 4 heteroatoms. The van der Waals surface area contributed by atoms with E-state index in [0.29, 0.717) is 0 Å². The second-order valence-electron chi connectivity index (χ2n) is 7.97. The third kappa shape index (κ3) is 5.93. The van der Waals surface area contributed by atoms with Crippen LogP contribution in [-0.2, 0) is 4.43 Å². The van der Waals surface area contributed by atoms with Gasteiger partial charge in [0, 0.05) is 12.0 Å². The van der Waals surface area contributed by atoms with Gasteiger partial charge in [0.1, 0.15) is 0 Å². The molecule has 146 valence electrons. The Bertz CT molecular complexity index is 673. The number of alkyl halides is 1. The molecule has 0 bridgehead atoms. The Kier molecular flexibility index (Phi) is 8.59. The zero-order valence-corrected chi connectivity index (χ0v) is 20.5. The van der Waals surface area contributed by atoms with Crippen LogP contribution < -0.4 is 10.4 Å². The van der Waals surface area contributed by atoms with Crippen molar-refractivity contribution in [3.8, 4) is 0 Å². The molecule has 0 aliphatic carbocycles. The van der Waals surface area contributed by atoms with Gasteiger partial charge in [-0.2, -0.15) is 0 Å². The van der Waals surface area contributed by atoms with Crippen LogP contribution in [0.4, 0.5) is 0 Å². The van der Waals surface area contributed by atoms with Crippen molar-refractivity contribution in [2.24, 2.45) is 0 Å². The monoisotopic (exact) mass is 512 g/mol. The smallest absolute Gasteiger partial charge is 0.261 e. The summed E-state index contributed by atoms with van der Waals surface area (Å²) < 4.78 is 7.99. The minimum atomic E-state index is -2.42. The van der Waals surface area contributed by atoms with Crippen molar-refractivity contribution in [3.63, 3.8) is 0 Å². The van der Waals surface area contributed by atoms with Crippen molar-refractivity contribution in [1.82, 2.24) is 0 Å². The Morgan fingerprint density at radius 3 is 1.93 bits per heavy atom. The van der Waals surface area contributed by atoms with Gasteiger partial charge in [0.15, 0.2) is 0 Å². The fraction of sp³-hybridized carbons (Fsp3) is 0.391. The normalized spacial score (nSPS) is 13.4. The summed E-state index contributed by atoms with van der Waals surface area (Å²) in [5, 5.41) is 2.81. The maximum absolute atomic E-state index is 6.88. The highest BCUT2D eigenvalue weighted by atomic mass is 127. The molecule has 0 fully saturated rings. The Morgan fingerprint density at radius 2 is 1.52 bits per heavy atom. The first-order valence-corrected chi connectivity index (χ1v) is 12.9. The molecule has 0 amide bonds. The molecule has 0 radical (unpaired) electrons. The molecule has 0 aliphatic rings. The summed E-state index contributed by atoms with van der Waals surface area (Å²) in [4.78, 5) is 0. The second kappa shape index (κ2) is 10.2. The predicted octanol–water partition coefficient (Wildman–Crippen LogP) is 6.29. The number of halogens is 2. The molecular formula is C23H30ClIOSi. The standard InChI is InChI=1S/C23H30ClIOSi/c1-19(25)18-20(24)12-11-17-26-27(23(2,3)4,21-13-7-5-8-14-21)22-15-9-6-10-16-22/h5-10,13-16,20H,1,11-12,17-18H2,2-4H3/t20-/m1/s1. The lowest BCUT2D eigenvalue weighted by Crippen LogP contribution is -2.66. The van der Waals surface area contributed by atoms with E-state index in [2.05, 4.69) is 111 Å². The average Bonchev–Trinajstić information content (AvgIpc) is 2.61. The molecule has 2 aromatic carbocycles. The highest BCUT2D eigenvalue weighted by Gasteiger charge is 2.49.